The largest absolute Gasteiger partial charge is 0.398 e. The summed E-state index contributed by atoms with van der Waals surface area (Å²) < 4.78 is 14.3. The van der Waals surface area contributed by atoms with E-state index in [-0.39, 0.29) is 0 Å². The lowest BCUT2D eigenvalue weighted by Gasteiger charge is -2.18. The van der Waals surface area contributed by atoms with Crippen LogP contribution in [0, 0.1) is 0 Å². The van der Waals surface area contributed by atoms with E-state index in [1.54, 1.807) is 0 Å². The average molecular weight is 264 g/mol. The minimum absolute atomic E-state index is 0.714. The molecule has 0 aliphatic carbocycles. The molecule has 0 aromatic rings. The first-order chi connectivity index (χ1) is 8.43. The van der Waals surface area contributed by atoms with Crippen molar-refractivity contribution in [1.29, 1.82) is 0 Å². The van der Waals surface area contributed by atoms with Gasteiger partial charge in [-0.15, -0.1) is 9.35 Å². The molecule has 0 unspecified atom stereocenters. The summed E-state index contributed by atoms with van der Waals surface area (Å²) in [6.07, 6.45) is 13.3. The highest BCUT2D eigenvalue weighted by Gasteiger charge is 2.25. The predicted molar refractivity (Wildman–Crippen MR) is 68.0 cm³/mol. The Morgan fingerprint density at radius 2 is 1.29 bits per heavy atom. The van der Waals surface area contributed by atoms with Crippen molar-refractivity contribution in [3.8, 4) is 0 Å². The van der Waals surface area contributed by atoms with E-state index in [4.69, 9.17) is 4.52 Å². The standard InChI is InChI=1S/C12H25O4P/c1-2-3-4-5-6-7-8-9-10-11-12-13-17-15-14-16-17/h2-12H2,1H3. The molecule has 1 fully saturated rings. The van der Waals surface area contributed by atoms with Gasteiger partial charge in [0, 0.05) is 0 Å². The zero-order valence-electron chi connectivity index (χ0n) is 10.9. The van der Waals surface area contributed by atoms with Crippen LogP contribution in [0.25, 0.3) is 0 Å². The van der Waals surface area contributed by atoms with Gasteiger partial charge in [-0.1, -0.05) is 69.7 Å². The third-order valence-electron chi connectivity index (χ3n) is 2.88. The molecule has 0 saturated carbocycles. The van der Waals surface area contributed by atoms with Gasteiger partial charge in [-0.05, 0) is 6.42 Å². The lowest BCUT2D eigenvalue weighted by Crippen LogP contribution is -2.05. The van der Waals surface area contributed by atoms with Crippen LogP contribution in [0.5, 0.6) is 0 Å². The van der Waals surface area contributed by atoms with Crippen LogP contribution in [0.1, 0.15) is 71.1 Å². The zero-order chi connectivity index (χ0) is 12.2. The number of hydrogen-bond acceptors (Lipinski definition) is 4. The van der Waals surface area contributed by atoms with Crippen LogP contribution in [0.4, 0.5) is 0 Å². The molecule has 1 saturated heterocycles. The maximum Gasteiger partial charge on any atom is 0.398 e. The summed E-state index contributed by atoms with van der Waals surface area (Å²) in [5.74, 6) is 0. The molecule has 1 heterocycles. The highest BCUT2D eigenvalue weighted by molar-refractivity contribution is 7.42. The van der Waals surface area contributed by atoms with Gasteiger partial charge in [0.2, 0.25) is 0 Å². The van der Waals surface area contributed by atoms with Crippen LogP contribution >= 0.6 is 8.60 Å². The Morgan fingerprint density at radius 3 is 1.76 bits per heavy atom. The summed E-state index contributed by atoms with van der Waals surface area (Å²) in [5.41, 5.74) is 0. The fourth-order valence-electron chi connectivity index (χ4n) is 1.83. The molecule has 0 atom stereocenters. The quantitative estimate of drug-likeness (QED) is 0.281. The Bertz CT molecular complexity index is 165. The molecule has 1 rings (SSSR count). The fourth-order valence-corrected chi connectivity index (χ4v) is 2.30. The molecule has 5 heteroatoms. The highest BCUT2D eigenvalue weighted by atomic mass is 31.2. The van der Waals surface area contributed by atoms with Crippen molar-refractivity contribution in [3.63, 3.8) is 0 Å². The minimum atomic E-state index is -1.16. The molecule has 4 nitrogen and oxygen atoms in total. The molecule has 17 heavy (non-hydrogen) atoms. The Balaban J connectivity index is 1.64. The second kappa shape index (κ2) is 11.4. The molecule has 0 radical (unpaired) electrons. The molecule has 1 aliphatic rings. The second-order valence-electron chi connectivity index (χ2n) is 4.46. The lowest BCUT2D eigenvalue weighted by molar-refractivity contribution is -0.488. The van der Waals surface area contributed by atoms with Gasteiger partial charge in [0.15, 0.2) is 0 Å². The molecule has 102 valence electrons. The summed E-state index contributed by atoms with van der Waals surface area (Å²) in [7, 11) is -1.16. The van der Waals surface area contributed by atoms with Gasteiger partial charge < -0.3 is 4.52 Å². The number of hydrogen-bond donors (Lipinski definition) is 0. The van der Waals surface area contributed by atoms with E-state index < -0.39 is 8.60 Å². The van der Waals surface area contributed by atoms with Crippen molar-refractivity contribution in [2.75, 3.05) is 6.61 Å². The van der Waals surface area contributed by atoms with E-state index in [9.17, 15) is 0 Å². The van der Waals surface area contributed by atoms with Crippen molar-refractivity contribution in [2.24, 2.45) is 0 Å². The molecule has 0 aromatic heterocycles. The van der Waals surface area contributed by atoms with Crippen molar-refractivity contribution < 1.29 is 18.9 Å². The SMILES string of the molecule is CCCCCCCCCCCCOP1OOO1. The summed E-state index contributed by atoms with van der Waals surface area (Å²) in [5, 5.41) is 4.09. The third kappa shape index (κ3) is 8.92. The Morgan fingerprint density at radius 1 is 0.765 bits per heavy atom. The van der Waals surface area contributed by atoms with Gasteiger partial charge in [-0.25, -0.2) is 0 Å². The van der Waals surface area contributed by atoms with Gasteiger partial charge in [0.05, 0.1) is 6.61 Å². The van der Waals surface area contributed by atoms with E-state index >= 15 is 0 Å². The van der Waals surface area contributed by atoms with Crippen molar-refractivity contribution in [3.05, 3.63) is 0 Å². The molecule has 0 aromatic carbocycles. The Labute approximate surface area is 106 Å². The molecular formula is C12H25O4P. The first-order valence-electron chi connectivity index (χ1n) is 6.88. The van der Waals surface area contributed by atoms with E-state index in [1.165, 1.54) is 57.8 Å². The van der Waals surface area contributed by atoms with Crippen LogP contribution in [-0.4, -0.2) is 6.61 Å². The molecule has 0 spiro atoms. The van der Waals surface area contributed by atoms with Crippen molar-refractivity contribution in [2.45, 2.75) is 71.1 Å². The molecule has 0 amide bonds. The molecular weight excluding hydrogens is 239 g/mol. The molecule has 0 N–H and O–H groups in total. The first kappa shape index (κ1) is 15.3. The topological polar surface area (TPSA) is 36.9 Å². The van der Waals surface area contributed by atoms with Crippen LogP contribution in [-0.2, 0) is 18.9 Å². The summed E-state index contributed by atoms with van der Waals surface area (Å²) in [6, 6.07) is 0. The number of unbranched alkanes of at least 4 members (excludes halogenated alkanes) is 9. The van der Waals surface area contributed by atoms with Crippen molar-refractivity contribution in [1.82, 2.24) is 0 Å². The maximum absolute atomic E-state index is 5.25. The van der Waals surface area contributed by atoms with Gasteiger partial charge >= 0.3 is 8.60 Å². The fraction of sp³-hybridized carbons (Fsp3) is 1.00. The predicted octanol–water partition coefficient (Wildman–Crippen LogP) is 5.04. The number of rotatable bonds is 12. The maximum atomic E-state index is 5.25. The van der Waals surface area contributed by atoms with Crippen LogP contribution < -0.4 is 0 Å². The second-order valence-corrected chi connectivity index (χ2v) is 5.46. The van der Waals surface area contributed by atoms with Crippen LogP contribution in [0.2, 0.25) is 0 Å². The first-order valence-corrected chi connectivity index (χ1v) is 7.97. The van der Waals surface area contributed by atoms with E-state index in [1.807, 2.05) is 0 Å². The van der Waals surface area contributed by atoms with E-state index in [0.717, 1.165) is 6.42 Å². The smallest absolute Gasteiger partial charge is 0.309 e. The van der Waals surface area contributed by atoms with Gasteiger partial charge in [0.1, 0.15) is 0 Å². The van der Waals surface area contributed by atoms with E-state index in [0.29, 0.717) is 6.61 Å². The lowest BCUT2D eigenvalue weighted by atomic mass is 10.1. The highest BCUT2D eigenvalue weighted by Crippen LogP contribution is 2.48. The van der Waals surface area contributed by atoms with E-state index in [2.05, 4.69) is 21.3 Å². The summed E-state index contributed by atoms with van der Waals surface area (Å²) in [4.78, 5) is 0. The monoisotopic (exact) mass is 264 g/mol. The summed E-state index contributed by atoms with van der Waals surface area (Å²) >= 11 is 0. The third-order valence-corrected chi connectivity index (χ3v) is 3.64. The van der Waals surface area contributed by atoms with Crippen LogP contribution in [0.15, 0.2) is 0 Å². The zero-order valence-corrected chi connectivity index (χ0v) is 11.8. The minimum Gasteiger partial charge on any atom is -0.309 e. The van der Waals surface area contributed by atoms with Gasteiger partial charge in [-0.3, -0.25) is 0 Å². The van der Waals surface area contributed by atoms with Crippen LogP contribution in [0.3, 0.4) is 0 Å². The normalized spacial score (nSPS) is 16.1. The average Bonchev–Trinajstić information content (AvgIpc) is 2.28. The Kier molecular flexibility index (Phi) is 10.2. The molecule has 1 aliphatic heterocycles. The van der Waals surface area contributed by atoms with Crippen molar-refractivity contribution >= 4 is 8.60 Å². The summed E-state index contributed by atoms with van der Waals surface area (Å²) in [6.45, 7) is 2.97. The van der Waals surface area contributed by atoms with Gasteiger partial charge in [-0.2, -0.15) is 0 Å². The molecule has 0 bridgehead atoms. The Hall–Kier alpha value is 0.270. The van der Waals surface area contributed by atoms with Gasteiger partial charge in [0.25, 0.3) is 0 Å².